The van der Waals surface area contributed by atoms with Gasteiger partial charge in [-0.3, -0.25) is 14.0 Å². The first-order valence-electron chi connectivity index (χ1n) is 8.45. The van der Waals surface area contributed by atoms with Gasteiger partial charge in [-0.15, -0.1) is 0 Å². The fourth-order valence-corrected chi connectivity index (χ4v) is 4.27. The van der Waals surface area contributed by atoms with E-state index >= 15 is 0 Å². The smallest absolute Gasteiger partial charge is 0.281 e. The molecule has 136 valence electrons. The van der Waals surface area contributed by atoms with E-state index in [0.717, 1.165) is 15.8 Å². The molecule has 5 nitrogen and oxygen atoms in total. The van der Waals surface area contributed by atoms with E-state index in [4.69, 9.17) is 4.98 Å². The Morgan fingerprint density at radius 2 is 1.85 bits per heavy atom. The zero-order valence-electron chi connectivity index (χ0n) is 14.7. The quantitative estimate of drug-likeness (QED) is 0.344. The van der Waals surface area contributed by atoms with E-state index < -0.39 is 0 Å². The number of fused-ring (bicyclic) bond motifs is 1. The third kappa shape index (κ3) is 3.99. The highest BCUT2D eigenvalue weighted by molar-refractivity contribution is 9.10. The Kier molecular flexibility index (Phi) is 5.13. The highest BCUT2D eigenvalue weighted by atomic mass is 79.9. The van der Waals surface area contributed by atoms with Crippen LogP contribution in [-0.4, -0.2) is 19.3 Å². The number of benzene rings is 2. The van der Waals surface area contributed by atoms with Crippen LogP contribution in [-0.2, 0) is 19.3 Å². The lowest BCUT2D eigenvalue weighted by molar-refractivity contribution is 0.656. The van der Waals surface area contributed by atoms with Gasteiger partial charge in [0.2, 0.25) is 0 Å². The third-order valence-electron chi connectivity index (χ3n) is 4.14. The van der Waals surface area contributed by atoms with Crippen molar-refractivity contribution in [1.29, 1.82) is 0 Å². The molecular formula is C20H17BrN4OS. The number of hydrogen-bond donors (Lipinski definition) is 0. The maximum Gasteiger partial charge on any atom is 0.282 e. The summed E-state index contributed by atoms with van der Waals surface area (Å²) in [6.45, 7) is 0.472. The Labute approximate surface area is 169 Å². The van der Waals surface area contributed by atoms with Crippen LogP contribution in [0.15, 0.2) is 75.2 Å². The van der Waals surface area contributed by atoms with Crippen molar-refractivity contribution in [2.45, 2.75) is 17.5 Å². The van der Waals surface area contributed by atoms with Crippen molar-refractivity contribution >= 4 is 38.7 Å². The molecule has 0 aliphatic carbocycles. The minimum atomic E-state index is -0.110. The summed E-state index contributed by atoms with van der Waals surface area (Å²) >= 11 is 5.06. The van der Waals surface area contributed by atoms with Crippen molar-refractivity contribution in [2.24, 2.45) is 7.05 Å². The topological polar surface area (TPSA) is 52.7 Å². The molecule has 0 radical (unpaired) electrons. The minimum absolute atomic E-state index is 0.110. The first-order chi connectivity index (χ1) is 13.1. The van der Waals surface area contributed by atoms with E-state index in [2.05, 4.69) is 33.2 Å². The zero-order valence-corrected chi connectivity index (χ0v) is 17.1. The molecule has 0 bridgehead atoms. The second kappa shape index (κ2) is 7.70. The van der Waals surface area contributed by atoms with Crippen molar-refractivity contribution in [3.8, 4) is 0 Å². The number of nitrogens with zero attached hydrogens (tertiary/aromatic N) is 4. The Bertz CT molecular complexity index is 1150. The molecule has 0 amide bonds. The number of hydrogen-bond acceptors (Lipinski definition) is 4. The predicted octanol–water partition coefficient (Wildman–Crippen LogP) is 4.23. The predicted molar refractivity (Wildman–Crippen MR) is 112 cm³/mol. The summed E-state index contributed by atoms with van der Waals surface area (Å²) in [5.41, 5.74) is 3.15. The van der Waals surface area contributed by atoms with E-state index in [0.29, 0.717) is 22.7 Å². The van der Waals surface area contributed by atoms with Gasteiger partial charge in [0.25, 0.3) is 5.56 Å². The normalized spacial score (nSPS) is 11.2. The van der Waals surface area contributed by atoms with Gasteiger partial charge in [0.1, 0.15) is 5.52 Å². The Balaban J connectivity index is 1.74. The molecule has 0 saturated carbocycles. The van der Waals surface area contributed by atoms with Gasteiger partial charge in [0, 0.05) is 17.3 Å². The van der Waals surface area contributed by atoms with Crippen LogP contribution in [0.1, 0.15) is 11.1 Å². The molecule has 27 heavy (non-hydrogen) atoms. The van der Waals surface area contributed by atoms with Gasteiger partial charge < -0.3 is 0 Å². The fourth-order valence-electron chi connectivity index (χ4n) is 2.88. The summed E-state index contributed by atoms with van der Waals surface area (Å²) in [5, 5.41) is 4.99. The van der Waals surface area contributed by atoms with Crippen LogP contribution in [0.5, 0.6) is 0 Å². The summed E-state index contributed by atoms with van der Waals surface area (Å²) in [6, 6.07) is 18.1. The lowest BCUT2D eigenvalue weighted by Gasteiger charge is -2.12. The second-order valence-electron chi connectivity index (χ2n) is 6.23. The van der Waals surface area contributed by atoms with E-state index in [1.54, 1.807) is 34.3 Å². The second-order valence-corrected chi connectivity index (χ2v) is 8.08. The van der Waals surface area contributed by atoms with Crippen molar-refractivity contribution < 1.29 is 0 Å². The zero-order chi connectivity index (χ0) is 18.8. The number of rotatable bonds is 5. The standard InChI is InChI=1S/C20H17BrN4OS/c1-24-12-17-18(23-24)19(26)25(11-14-6-3-2-4-7-14)20(22-17)27-13-15-8-5-9-16(21)10-15/h2-10,12H,11,13H2,1H3. The lowest BCUT2D eigenvalue weighted by Crippen LogP contribution is -2.24. The molecule has 0 aliphatic rings. The summed E-state index contributed by atoms with van der Waals surface area (Å²) in [5.74, 6) is 0.729. The summed E-state index contributed by atoms with van der Waals surface area (Å²) in [7, 11) is 1.80. The number of aryl methyl sites for hydroxylation is 1. The summed E-state index contributed by atoms with van der Waals surface area (Å²) in [4.78, 5) is 17.8. The van der Waals surface area contributed by atoms with Gasteiger partial charge in [-0.05, 0) is 23.3 Å². The van der Waals surface area contributed by atoms with Gasteiger partial charge in [-0.1, -0.05) is 70.2 Å². The maximum absolute atomic E-state index is 13.1. The fraction of sp³-hybridized carbons (Fsp3) is 0.150. The molecule has 0 fully saturated rings. The van der Waals surface area contributed by atoms with Crippen molar-refractivity contribution in [3.05, 3.63) is 86.7 Å². The van der Waals surface area contributed by atoms with Crippen LogP contribution >= 0.6 is 27.7 Å². The van der Waals surface area contributed by atoms with Gasteiger partial charge in [-0.25, -0.2) is 4.98 Å². The highest BCUT2D eigenvalue weighted by Gasteiger charge is 2.15. The van der Waals surface area contributed by atoms with Crippen molar-refractivity contribution in [2.75, 3.05) is 0 Å². The third-order valence-corrected chi connectivity index (χ3v) is 5.69. The Hall–Kier alpha value is -2.38. The van der Waals surface area contributed by atoms with Gasteiger partial charge in [0.05, 0.1) is 12.7 Å². The van der Waals surface area contributed by atoms with E-state index in [-0.39, 0.29) is 5.56 Å². The highest BCUT2D eigenvalue weighted by Crippen LogP contribution is 2.24. The summed E-state index contributed by atoms with van der Waals surface area (Å²) in [6.07, 6.45) is 1.78. The molecule has 2 aromatic carbocycles. The Morgan fingerprint density at radius 3 is 2.63 bits per heavy atom. The van der Waals surface area contributed by atoms with Gasteiger partial charge >= 0.3 is 0 Å². The van der Waals surface area contributed by atoms with E-state index in [1.165, 1.54) is 5.56 Å². The molecule has 0 saturated heterocycles. The average molecular weight is 441 g/mol. The SMILES string of the molecule is Cn1cc2nc(SCc3cccc(Br)c3)n(Cc3ccccc3)c(=O)c2n1. The monoisotopic (exact) mass is 440 g/mol. The number of thioether (sulfide) groups is 1. The molecule has 0 N–H and O–H groups in total. The van der Waals surface area contributed by atoms with Crippen LogP contribution in [0, 0.1) is 0 Å². The summed E-state index contributed by atoms with van der Waals surface area (Å²) < 4.78 is 4.39. The molecule has 7 heteroatoms. The molecular weight excluding hydrogens is 424 g/mol. The van der Waals surface area contributed by atoms with Crippen molar-refractivity contribution in [1.82, 2.24) is 19.3 Å². The van der Waals surface area contributed by atoms with Crippen LogP contribution in [0.2, 0.25) is 0 Å². The molecule has 4 aromatic rings. The lowest BCUT2D eigenvalue weighted by atomic mass is 10.2. The first kappa shape index (κ1) is 18.0. The minimum Gasteiger partial charge on any atom is -0.281 e. The van der Waals surface area contributed by atoms with Crippen LogP contribution in [0.3, 0.4) is 0 Å². The molecule has 0 spiro atoms. The van der Waals surface area contributed by atoms with Gasteiger partial charge in [-0.2, -0.15) is 5.10 Å². The largest absolute Gasteiger partial charge is 0.282 e. The number of halogens is 1. The molecule has 0 unspecified atom stereocenters. The first-order valence-corrected chi connectivity index (χ1v) is 10.2. The molecule has 0 atom stereocenters. The number of aromatic nitrogens is 4. The molecule has 0 aliphatic heterocycles. The van der Waals surface area contributed by atoms with Gasteiger partial charge in [0.15, 0.2) is 10.7 Å². The van der Waals surface area contributed by atoms with Crippen molar-refractivity contribution in [3.63, 3.8) is 0 Å². The van der Waals surface area contributed by atoms with Crippen LogP contribution < -0.4 is 5.56 Å². The molecule has 4 rings (SSSR count). The average Bonchev–Trinajstić information content (AvgIpc) is 3.04. The van der Waals surface area contributed by atoms with Crippen LogP contribution in [0.25, 0.3) is 11.0 Å². The maximum atomic E-state index is 13.1. The molecule has 2 heterocycles. The van der Waals surface area contributed by atoms with E-state index in [9.17, 15) is 4.79 Å². The Morgan fingerprint density at radius 1 is 1.07 bits per heavy atom. The molecule has 2 aromatic heterocycles. The van der Waals surface area contributed by atoms with Crippen LogP contribution in [0.4, 0.5) is 0 Å². The van der Waals surface area contributed by atoms with E-state index in [1.807, 2.05) is 42.5 Å².